The van der Waals surface area contributed by atoms with Crippen molar-refractivity contribution < 1.29 is 9.53 Å². The molecular formula is C16H25ClN2O2. The number of carbonyl (C=O) groups is 1. The van der Waals surface area contributed by atoms with E-state index in [0.717, 1.165) is 0 Å². The summed E-state index contributed by atoms with van der Waals surface area (Å²) in [5.74, 6) is -0.0650. The molecule has 0 aromatic heterocycles. The van der Waals surface area contributed by atoms with Gasteiger partial charge in [0.2, 0.25) is 5.91 Å². The van der Waals surface area contributed by atoms with Gasteiger partial charge in [-0.25, -0.2) is 0 Å². The summed E-state index contributed by atoms with van der Waals surface area (Å²) in [6.45, 7) is 5.94. The van der Waals surface area contributed by atoms with E-state index in [1.54, 1.807) is 0 Å². The Bertz CT molecular complexity index is 457. The average Bonchev–Trinajstić information content (AvgIpc) is 2.46. The minimum Gasteiger partial charge on any atom is -0.381 e. The van der Waals surface area contributed by atoms with E-state index in [2.05, 4.69) is 31.3 Å². The van der Waals surface area contributed by atoms with Crippen molar-refractivity contribution in [1.29, 1.82) is 0 Å². The Morgan fingerprint density at radius 2 is 1.86 bits per heavy atom. The molecule has 1 aliphatic heterocycles. The van der Waals surface area contributed by atoms with E-state index in [-0.39, 0.29) is 23.7 Å². The molecule has 0 bridgehead atoms. The molecule has 5 heteroatoms. The summed E-state index contributed by atoms with van der Waals surface area (Å²) in [6.07, 6.45) is 1.18. The van der Waals surface area contributed by atoms with Gasteiger partial charge in [0, 0.05) is 25.2 Å². The summed E-state index contributed by atoms with van der Waals surface area (Å²) in [7, 11) is 0. The van der Waals surface area contributed by atoms with Crippen LogP contribution in [0, 0.1) is 0 Å². The third kappa shape index (κ3) is 4.43. The van der Waals surface area contributed by atoms with Gasteiger partial charge in [-0.1, -0.05) is 44.2 Å². The Balaban J connectivity index is 0.00000220. The van der Waals surface area contributed by atoms with Crippen LogP contribution in [-0.4, -0.2) is 31.2 Å². The van der Waals surface area contributed by atoms with E-state index >= 15 is 0 Å². The van der Waals surface area contributed by atoms with Gasteiger partial charge in [-0.15, -0.1) is 12.4 Å². The molecule has 1 heterocycles. The standard InChI is InChI=1S/C16H24N2O2.ClH/c1-15(2,13-6-4-3-5-7-13)12-18-14(19)16(17)8-10-20-11-9-16;/h3-7H,8-12,17H2,1-2H3,(H,18,19);1H. The number of halogens is 1. The topological polar surface area (TPSA) is 64.4 Å². The van der Waals surface area contributed by atoms with Crippen LogP contribution in [0.4, 0.5) is 0 Å². The highest BCUT2D eigenvalue weighted by Gasteiger charge is 2.36. The summed E-state index contributed by atoms with van der Waals surface area (Å²) in [4.78, 5) is 12.3. The van der Waals surface area contributed by atoms with E-state index in [1.807, 2.05) is 18.2 Å². The summed E-state index contributed by atoms with van der Waals surface area (Å²) >= 11 is 0. The van der Waals surface area contributed by atoms with Gasteiger partial charge in [0.25, 0.3) is 0 Å². The Hall–Kier alpha value is -1.10. The minimum absolute atomic E-state index is 0. The van der Waals surface area contributed by atoms with Gasteiger partial charge in [0.15, 0.2) is 0 Å². The maximum atomic E-state index is 12.3. The number of nitrogens with two attached hydrogens (primary N) is 1. The first-order valence-electron chi connectivity index (χ1n) is 7.15. The van der Waals surface area contributed by atoms with Crippen LogP contribution in [0.15, 0.2) is 30.3 Å². The third-order valence-corrected chi connectivity index (χ3v) is 4.08. The number of nitrogens with one attached hydrogen (secondary N) is 1. The van der Waals surface area contributed by atoms with Gasteiger partial charge < -0.3 is 15.8 Å². The lowest BCUT2D eigenvalue weighted by molar-refractivity contribution is -0.130. The Morgan fingerprint density at radius 1 is 1.29 bits per heavy atom. The van der Waals surface area contributed by atoms with Crippen LogP contribution in [-0.2, 0) is 14.9 Å². The second kappa shape index (κ2) is 7.25. The SMILES string of the molecule is CC(C)(CNC(=O)C1(N)CCOCC1)c1ccccc1.Cl. The van der Waals surface area contributed by atoms with Gasteiger partial charge >= 0.3 is 0 Å². The van der Waals surface area contributed by atoms with E-state index in [4.69, 9.17) is 10.5 Å². The Labute approximate surface area is 132 Å². The molecule has 1 fully saturated rings. The molecular weight excluding hydrogens is 288 g/mol. The van der Waals surface area contributed by atoms with Crippen LogP contribution in [0.2, 0.25) is 0 Å². The molecule has 0 saturated carbocycles. The highest BCUT2D eigenvalue weighted by Crippen LogP contribution is 2.23. The van der Waals surface area contributed by atoms with Crippen molar-refractivity contribution in [2.75, 3.05) is 19.8 Å². The molecule has 118 valence electrons. The first-order chi connectivity index (χ1) is 9.44. The predicted octanol–water partition coefficient (Wildman–Crippen LogP) is 2.01. The second-order valence-electron chi connectivity index (χ2n) is 6.20. The predicted molar refractivity (Wildman–Crippen MR) is 86.7 cm³/mol. The van der Waals surface area contributed by atoms with Crippen molar-refractivity contribution >= 4 is 18.3 Å². The first-order valence-corrected chi connectivity index (χ1v) is 7.15. The Kier molecular flexibility index (Phi) is 6.20. The Morgan fingerprint density at radius 3 is 2.43 bits per heavy atom. The van der Waals surface area contributed by atoms with Crippen LogP contribution in [0.1, 0.15) is 32.3 Å². The molecule has 2 rings (SSSR count). The largest absolute Gasteiger partial charge is 0.381 e. The fourth-order valence-corrected chi connectivity index (χ4v) is 2.43. The second-order valence-corrected chi connectivity index (χ2v) is 6.20. The first kappa shape index (κ1) is 18.0. The highest BCUT2D eigenvalue weighted by atomic mass is 35.5. The summed E-state index contributed by atoms with van der Waals surface area (Å²) in [6, 6.07) is 10.2. The lowest BCUT2D eigenvalue weighted by Crippen LogP contribution is -2.58. The summed E-state index contributed by atoms with van der Waals surface area (Å²) in [5.41, 5.74) is 6.50. The fourth-order valence-electron chi connectivity index (χ4n) is 2.43. The van der Waals surface area contributed by atoms with Gasteiger partial charge in [-0.05, 0) is 18.4 Å². The molecule has 1 aliphatic rings. The molecule has 1 aromatic carbocycles. The van der Waals surface area contributed by atoms with Gasteiger partial charge in [-0.2, -0.15) is 0 Å². The quantitative estimate of drug-likeness (QED) is 0.894. The van der Waals surface area contributed by atoms with E-state index in [0.29, 0.717) is 32.6 Å². The van der Waals surface area contributed by atoms with Gasteiger partial charge in [0.1, 0.15) is 0 Å². The van der Waals surface area contributed by atoms with Gasteiger partial charge in [0.05, 0.1) is 5.54 Å². The number of ether oxygens (including phenoxy) is 1. The average molecular weight is 313 g/mol. The molecule has 0 aliphatic carbocycles. The van der Waals surface area contributed by atoms with Crippen LogP contribution in [0.5, 0.6) is 0 Å². The number of benzene rings is 1. The van der Waals surface area contributed by atoms with Crippen molar-refractivity contribution in [3.05, 3.63) is 35.9 Å². The van der Waals surface area contributed by atoms with E-state index < -0.39 is 5.54 Å². The van der Waals surface area contributed by atoms with Crippen molar-refractivity contribution in [3.8, 4) is 0 Å². The van der Waals surface area contributed by atoms with Crippen LogP contribution >= 0.6 is 12.4 Å². The number of rotatable bonds is 4. The molecule has 3 N–H and O–H groups in total. The molecule has 1 amide bonds. The zero-order valence-corrected chi connectivity index (χ0v) is 13.5. The highest BCUT2D eigenvalue weighted by molar-refractivity contribution is 5.86. The van der Waals surface area contributed by atoms with Crippen molar-refractivity contribution in [3.63, 3.8) is 0 Å². The van der Waals surface area contributed by atoms with Crippen LogP contribution < -0.4 is 11.1 Å². The normalized spacial score (nSPS) is 17.7. The monoisotopic (exact) mass is 312 g/mol. The van der Waals surface area contributed by atoms with Crippen LogP contribution in [0.3, 0.4) is 0 Å². The summed E-state index contributed by atoms with van der Waals surface area (Å²) in [5, 5.41) is 3.01. The molecule has 0 atom stereocenters. The molecule has 0 unspecified atom stereocenters. The molecule has 1 saturated heterocycles. The third-order valence-electron chi connectivity index (χ3n) is 4.08. The van der Waals surface area contributed by atoms with E-state index in [9.17, 15) is 4.79 Å². The smallest absolute Gasteiger partial charge is 0.240 e. The van der Waals surface area contributed by atoms with E-state index in [1.165, 1.54) is 5.56 Å². The molecule has 0 radical (unpaired) electrons. The lowest BCUT2D eigenvalue weighted by atomic mass is 9.84. The van der Waals surface area contributed by atoms with Crippen LogP contribution in [0.25, 0.3) is 0 Å². The molecule has 4 nitrogen and oxygen atoms in total. The molecule has 21 heavy (non-hydrogen) atoms. The zero-order chi connectivity index (χ0) is 14.6. The minimum atomic E-state index is -0.773. The van der Waals surface area contributed by atoms with Crippen molar-refractivity contribution in [1.82, 2.24) is 5.32 Å². The number of hydrogen-bond donors (Lipinski definition) is 2. The fraction of sp³-hybridized carbons (Fsp3) is 0.562. The molecule has 1 aromatic rings. The number of amides is 1. The zero-order valence-electron chi connectivity index (χ0n) is 12.7. The maximum absolute atomic E-state index is 12.3. The summed E-state index contributed by atoms with van der Waals surface area (Å²) < 4.78 is 5.27. The molecule has 0 spiro atoms. The lowest BCUT2D eigenvalue weighted by Gasteiger charge is -2.33. The number of carbonyl (C=O) groups excluding carboxylic acids is 1. The van der Waals surface area contributed by atoms with Crippen molar-refractivity contribution in [2.45, 2.75) is 37.6 Å². The van der Waals surface area contributed by atoms with Crippen molar-refractivity contribution in [2.24, 2.45) is 5.73 Å². The van der Waals surface area contributed by atoms with Gasteiger partial charge in [-0.3, -0.25) is 4.79 Å². The number of hydrogen-bond acceptors (Lipinski definition) is 3. The maximum Gasteiger partial charge on any atom is 0.240 e.